The van der Waals surface area contributed by atoms with Gasteiger partial charge in [-0.3, -0.25) is 9.59 Å². The summed E-state index contributed by atoms with van der Waals surface area (Å²) >= 11 is 0. The van der Waals surface area contributed by atoms with E-state index in [2.05, 4.69) is 5.32 Å². The molecular weight excluding hydrogens is 332 g/mol. The second kappa shape index (κ2) is 9.27. The summed E-state index contributed by atoms with van der Waals surface area (Å²) in [6, 6.07) is 5.33. The SMILES string of the molecule is CCN(CC)C(=O)/C(=C\c1ccc(OC)c(OC)c1)NC(=O)C(C)(C)C. The Bertz CT molecular complexity index is 671. The van der Waals surface area contributed by atoms with Crippen molar-refractivity contribution in [3.8, 4) is 11.5 Å². The molecule has 0 unspecified atom stereocenters. The van der Waals surface area contributed by atoms with Gasteiger partial charge in [-0.2, -0.15) is 0 Å². The van der Waals surface area contributed by atoms with Crippen LogP contribution < -0.4 is 14.8 Å². The van der Waals surface area contributed by atoms with E-state index >= 15 is 0 Å². The highest BCUT2D eigenvalue weighted by molar-refractivity contribution is 6.02. The van der Waals surface area contributed by atoms with E-state index in [0.29, 0.717) is 24.6 Å². The Balaban J connectivity index is 3.32. The molecule has 0 bridgehead atoms. The molecule has 1 rings (SSSR count). The molecule has 144 valence electrons. The summed E-state index contributed by atoms with van der Waals surface area (Å²) in [5, 5.41) is 2.78. The summed E-state index contributed by atoms with van der Waals surface area (Å²) in [7, 11) is 3.11. The average Bonchev–Trinajstić information content (AvgIpc) is 2.60. The van der Waals surface area contributed by atoms with Crippen molar-refractivity contribution in [3.63, 3.8) is 0 Å². The fourth-order valence-corrected chi connectivity index (χ4v) is 2.25. The van der Waals surface area contributed by atoms with Gasteiger partial charge in [-0.15, -0.1) is 0 Å². The number of carbonyl (C=O) groups excluding carboxylic acids is 2. The van der Waals surface area contributed by atoms with Crippen LogP contribution in [0.1, 0.15) is 40.2 Å². The number of ether oxygens (including phenoxy) is 2. The molecule has 0 aliphatic rings. The lowest BCUT2D eigenvalue weighted by Crippen LogP contribution is -2.41. The number of amides is 2. The molecule has 0 saturated heterocycles. The van der Waals surface area contributed by atoms with Crippen molar-refractivity contribution in [2.45, 2.75) is 34.6 Å². The third-order valence-corrected chi connectivity index (χ3v) is 3.93. The number of carbonyl (C=O) groups is 2. The second-order valence-electron chi connectivity index (χ2n) is 6.85. The summed E-state index contributed by atoms with van der Waals surface area (Å²) in [6.07, 6.45) is 1.66. The van der Waals surface area contributed by atoms with Gasteiger partial charge in [0, 0.05) is 18.5 Å². The molecule has 0 aromatic heterocycles. The third kappa shape index (κ3) is 5.51. The smallest absolute Gasteiger partial charge is 0.270 e. The zero-order valence-electron chi connectivity index (χ0n) is 16.8. The largest absolute Gasteiger partial charge is 0.493 e. The van der Waals surface area contributed by atoms with E-state index in [0.717, 1.165) is 5.56 Å². The van der Waals surface area contributed by atoms with Crippen LogP contribution >= 0.6 is 0 Å². The molecule has 0 fully saturated rings. The van der Waals surface area contributed by atoms with Crippen molar-refractivity contribution in [1.82, 2.24) is 10.2 Å². The zero-order valence-corrected chi connectivity index (χ0v) is 16.8. The maximum absolute atomic E-state index is 12.8. The minimum atomic E-state index is -0.611. The van der Waals surface area contributed by atoms with E-state index in [1.807, 2.05) is 13.8 Å². The third-order valence-electron chi connectivity index (χ3n) is 3.93. The maximum Gasteiger partial charge on any atom is 0.270 e. The maximum atomic E-state index is 12.8. The number of nitrogens with zero attached hydrogens (tertiary/aromatic N) is 1. The van der Waals surface area contributed by atoms with Crippen LogP contribution in [0, 0.1) is 5.41 Å². The highest BCUT2D eigenvalue weighted by Gasteiger charge is 2.25. The van der Waals surface area contributed by atoms with Gasteiger partial charge in [-0.1, -0.05) is 26.8 Å². The Morgan fingerprint density at radius 2 is 1.65 bits per heavy atom. The lowest BCUT2D eigenvalue weighted by molar-refractivity contribution is -0.132. The van der Waals surface area contributed by atoms with Crippen LogP contribution in [0.3, 0.4) is 0 Å². The van der Waals surface area contributed by atoms with Crippen LogP contribution in [0.5, 0.6) is 11.5 Å². The molecule has 0 aliphatic carbocycles. The van der Waals surface area contributed by atoms with E-state index in [9.17, 15) is 9.59 Å². The summed E-state index contributed by atoms with van der Waals surface area (Å²) in [5.74, 6) is 0.713. The van der Waals surface area contributed by atoms with Gasteiger partial charge in [0.15, 0.2) is 11.5 Å². The van der Waals surface area contributed by atoms with Crippen LogP contribution in [-0.4, -0.2) is 44.0 Å². The van der Waals surface area contributed by atoms with Crippen molar-refractivity contribution >= 4 is 17.9 Å². The minimum Gasteiger partial charge on any atom is -0.493 e. The predicted molar refractivity (Wildman–Crippen MR) is 103 cm³/mol. The van der Waals surface area contributed by atoms with E-state index in [4.69, 9.17) is 9.47 Å². The fourth-order valence-electron chi connectivity index (χ4n) is 2.25. The van der Waals surface area contributed by atoms with Crippen molar-refractivity contribution in [1.29, 1.82) is 0 Å². The molecule has 26 heavy (non-hydrogen) atoms. The highest BCUT2D eigenvalue weighted by Crippen LogP contribution is 2.28. The minimum absolute atomic E-state index is 0.218. The molecule has 0 heterocycles. The molecule has 1 aromatic carbocycles. The predicted octanol–water partition coefficient (Wildman–Crippen LogP) is 3.08. The normalized spacial score (nSPS) is 11.7. The first-order chi connectivity index (χ1) is 12.2. The lowest BCUT2D eigenvalue weighted by Gasteiger charge is -2.24. The summed E-state index contributed by atoms with van der Waals surface area (Å²) in [5.41, 5.74) is 0.355. The summed E-state index contributed by atoms with van der Waals surface area (Å²) in [6.45, 7) is 10.3. The van der Waals surface area contributed by atoms with E-state index in [1.165, 1.54) is 0 Å². The molecular formula is C20H30N2O4. The summed E-state index contributed by atoms with van der Waals surface area (Å²) < 4.78 is 10.5. The van der Waals surface area contributed by atoms with Crippen LogP contribution in [0.2, 0.25) is 0 Å². The molecule has 0 saturated carbocycles. The Labute approximate surface area is 156 Å². The molecule has 6 heteroatoms. The first-order valence-electron chi connectivity index (χ1n) is 8.72. The molecule has 1 aromatic rings. The number of benzene rings is 1. The highest BCUT2D eigenvalue weighted by atomic mass is 16.5. The fraction of sp³-hybridized carbons (Fsp3) is 0.500. The second-order valence-corrected chi connectivity index (χ2v) is 6.85. The van der Waals surface area contributed by atoms with Gasteiger partial charge in [0.25, 0.3) is 5.91 Å². The van der Waals surface area contributed by atoms with Crippen molar-refractivity contribution < 1.29 is 19.1 Å². The molecule has 0 radical (unpaired) electrons. The van der Waals surface area contributed by atoms with Crippen molar-refractivity contribution in [2.24, 2.45) is 5.41 Å². The number of likely N-dealkylation sites (N-methyl/N-ethyl adjacent to an activating group) is 1. The van der Waals surface area contributed by atoms with Crippen LogP contribution in [0.15, 0.2) is 23.9 Å². The molecule has 0 atom stereocenters. The number of methoxy groups -OCH3 is 2. The quantitative estimate of drug-likeness (QED) is 0.757. The number of nitrogens with one attached hydrogen (secondary N) is 1. The number of rotatable bonds is 7. The number of hydrogen-bond donors (Lipinski definition) is 1. The zero-order chi connectivity index (χ0) is 19.9. The first-order valence-corrected chi connectivity index (χ1v) is 8.72. The molecule has 0 spiro atoms. The Hall–Kier alpha value is -2.50. The Kier molecular flexibility index (Phi) is 7.68. The van der Waals surface area contributed by atoms with E-state index in [-0.39, 0.29) is 17.5 Å². The van der Waals surface area contributed by atoms with Gasteiger partial charge in [-0.05, 0) is 37.6 Å². The number of hydrogen-bond acceptors (Lipinski definition) is 4. The molecule has 1 N–H and O–H groups in total. The Morgan fingerprint density at radius 1 is 1.08 bits per heavy atom. The van der Waals surface area contributed by atoms with Crippen LogP contribution in [0.4, 0.5) is 0 Å². The Morgan fingerprint density at radius 3 is 2.12 bits per heavy atom. The standard InChI is InChI=1S/C20H30N2O4/c1-8-22(9-2)18(23)15(21-19(24)20(3,4)5)12-14-10-11-16(25-6)17(13-14)26-7/h10-13H,8-9H2,1-7H3,(H,21,24)/b15-12+. The van der Waals surface area contributed by atoms with Gasteiger partial charge in [0.05, 0.1) is 14.2 Å². The van der Waals surface area contributed by atoms with Crippen LogP contribution in [-0.2, 0) is 9.59 Å². The van der Waals surface area contributed by atoms with Gasteiger partial charge >= 0.3 is 0 Å². The van der Waals surface area contributed by atoms with Gasteiger partial charge in [0.1, 0.15) is 5.70 Å². The topological polar surface area (TPSA) is 67.9 Å². The van der Waals surface area contributed by atoms with E-state index < -0.39 is 5.41 Å². The first kappa shape index (κ1) is 21.5. The van der Waals surface area contributed by atoms with E-state index in [1.54, 1.807) is 64.2 Å². The molecule has 0 aliphatic heterocycles. The lowest BCUT2D eigenvalue weighted by atomic mass is 9.95. The van der Waals surface area contributed by atoms with Gasteiger partial charge < -0.3 is 19.7 Å². The van der Waals surface area contributed by atoms with Crippen molar-refractivity contribution in [2.75, 3.05) is 27.3 Å². The molecule has 6 nitrogen and oxygen atoms in total. The average molecular weight is 362 g/mol. The van der Waals surface area contributed by atoms with Gasteiger partial charge in [-0.25, -0.2) is 0 Å². The monoisotopic (exact) mass is 362 g/mol. The molecule has 2 amide bonds. The van der Waals surface area contributed by atoms with Crippen molar-refractivity contribution in [3.05, 3.63) is 29.5 Å². The van der Waals surface area contributed by atoms with Crippen LogP contribution in [0.25, 0.3) is 6.08 Å². The summed E-state index contributed by atoms with van der Waals surface area (Å²) in [4.78, 5) is 26.9. The van der Waals surface area contributed by atoms with Gasteiger partial charge in [0.2, 0.25) is 5.91 Å².